The summed E-state index contributed by atoms with van der Waals surface area (Å²) in [5.41, 5.74) is 10.7. The highest BCUT2D eigenvalue weighted by molar-refractivity contribution is 6.99. The lowest BCUT2D eigenvalue weighted by Crippen LogP contribution is -2.66. The molecule has 0 aliphatic carbocycles. The number of azo groups is 1. The van der Waals surface area contributed by atoms with E-state index in [1.165, 1.54) is 0 Å². The van der Waals surface area contributed by atoms with E-state index in [1.54, 1.807) is 36.4 Å². The number of nitrogen functional groups attached to an aromatic ring is 1. The van der Waals surface area contributed by atoms with Gasteiger partial charge >= 0.3 is 5.97 Å². The quantitative estimate of drug-likeness (QED) is 0.0174. The van der Waals surface area contributed by atoms with Crippen LogP contribution in [-0.4, -0.2) is 67.3 Å². The van der Waals surface area contributed by atoms with Crippen molar-refractivity contribution in [2.75, 3.05) is 57.7 Å². The maximum Gasteiger partial charge on any atom is 0.337 e. The van der Waals surface area contributed by atoms with Gasteiger partial charge in [-0.05, 0) is 93.8 Å². The molecular formula is C47H53N5O5Si. The summed E-state index contributed by atoms with van der Waals surface area (Å²) in [4.78, 5) is 28.2. The van der Waals surface area contributed by atoms with Crippen molar-refractivity contribution in [3.63, 3.8) is 0 Å². The SMILES string of the molecule is CN(C)c1ccc(N=Nc2ccc(C(=O)NCCOCCOC(=O)C(/C=C/c3ccc(N)cc3)=C/CO[Si](c3ccccc3)(c3ccccc3)C(C)(C)C)cc2)cc1. The Morgan fingerprint density at radius 3 is 1.86 bits per heavy atom. The number of nitrogens with two attached hydrogens (primary N) is 1. The molecule has 0 radical (unpaired) electrons. The van der Waals surface area contributed by atoms with Crippen LogP contribution in [0.25, 0.3) is 6.08 Å². The molecule has 0 aliphatic rings. The minimum Gasteiger partial charge on any atom is -0.460 e. The van der Waals surface area contributed by atoms with Crippen molar-refractivity contribution in [2.24, 2.45) is 10.2 Å². The topological polar surface area (TPSA) is 128 Å². The summed E-state index contributed by atoms with van der Waals surface area (Å²) in [6.45, 7) is 7.55. The Labute approximate surface area is 343 Å². The molecule has 0 saturated carbocycles. The van der Waals surface area contributed by atoms with Crippen molar-refractivity contribution in [2.45, 2.75) is 25.8 Å². The molecule has 3 N–H and O–H groups in total. The zero-order valence-electron chi connectivity index (χ0n) is 33.9. The Hall–Kier alpha value is -6.14. The maximum atomic E-state index is 13.5. The van der Waals surface area contributed by atoms with Crippen LogP contribution in [0.3, 0.4) is 0 Å². The molecule has 0 atom stereocenters. The molecule has 1 amide bonds. The number of nitrogens with one attached hydrogen (secondary N) is 1. The van der Waals surface area contributed by atoms with Crippen LogP contribution in [0, 0.1) is 0 Å². The fourth-order valence-electron chi connectivity index (χ4n) is 6.36. The van der Waals surface area contributed by atoms with E-state index in [9.17, 15) is 9.59 Å². The monoisotopic (exact) mass is 795 g/mol. The molecule has 5 aromatic rings. The zero-order valence-corrected chi connectivity index (χ0v) is 34.9. The molecule has 0 saturated heterocycles. The van der Waals surface area contributed by atoms with E-state index in [4.69, 9.17) is 19.6 Å². The Bertz CT molecular complexity index is 2110. The predicted octanol–water partition coefficient (Wildman–Crippen LogP) is 8.26. The molecule has 58 heavy (non-hydrogen) atoms. The van der Waals surface area contributed by atoms with E-state index in [2.05, 4.69) is 60.6 Å². The van der Waals surface area contributed by atoms with Crippen LogP contribution in [0.1, 0.15) is 36.7 Å². The maximum absolute atomic E-state index is 13.5. The minimum absolute atomic E-state index is 0.0329. The number of rotatable bonds is 18. The van der Waals surface area contributed by atoms with Crippen LogP contribution in [0.5, 0.6) is 0 Å². The second kappa shape index (κ2) is 20.9. The van der Waals surface area contributed by atoms with Gasteiger partial charge < -0.3 is 29.9 Å². The molecule has 11 heteroatoms. The van der Waals surface area contributed by atoms with Crippen molar-refractivity contribution >= 4 is 59.4 Å². The lowest BCUT2D eigenvalue weighted by Gasteiger charge is -2.42. The van der Waals surface area contributed by atoms with Crippen LogP contribution in [-0.2, 0) is 18.7 Å². The van der Waals surface area contributed by atoms with Crippen LogP contribution in [0.4, 0.5) is 22.7 Å². The van der Waals surface area contributed by atoms with Gasteiger partial charge in [-0.3, -0.25) is 4.79 Å². The molecule has 0 bridgehead atoms. The second-order valence-electron chi connectivity index (χ2n) is 14.8. The number of anilines is 2. The van der Waals surface area contributed by atoms with Gasteiger partial charge in [-0.15, -0.1) is 0 Å². The molecule has 0 aromatic heterocycles. The number of carbonyl (C=O) groups is 2. The molecule has 10 nitrogen and oxygen atoms in total. The van der Waals surface area contributed by atoms with Gasteiger partial charge in [0.25, 0.3) is 14.2 Å². The second-order valence-corrected chi connectivity index (χ2v) is 19.1. The van der Waals surface area contributed by atoms with E-state index >= 15 is 0 Å². The lowest BCUT2D eigenvalue weighted by atomic mass is 10.1. The summed E-state index contributed by atoms with van der Waals surface area (Å²) in [6.07, 6.45) is 5.36. The van der Waals surface area contributed by atoms with E-state index in [0.717, 1.165) is 27.3 Å². The number of esters is 1. The Balaban J connectivity index is 1.14. The van der Waals surface area contributed by atoms with Gasteiger partial charge in [0.05, 0.1) is 36.8 Å². The molecule has 0 unspecified atom stereocenters. The molecule has 300 valence electrons. The number of benzene rings is 5. The number of amides is 1. The molecule has 0 spiro atoms. The number of nitrogens with zero attached hydrogens (tertiary/aromatic N) is 3. The summed E-state index contributed by atoms with van der Waals surface area (Å²) in [6, 6.07) is 42.7. The summed E-state index contributed by atoms with van der Waals surface area (Å²) in [7, 11) is 1.13. The summed E-state index contributed by atoms with van der Waals surface area (Å²) >= 11 is 0. The first-order chi connectivity index (χ1) is 28.0. The fraction of sp³-hybridized carbons (Fsp3) is 0.234. The smallest absolute Gasteiger partial charge is 0.337 e. The summed E-state index contributed by atoms with van der Waals surface area (Å²) < 4.78 is 18.3. The van der Waals surface area contributed by atoms with Crippen LogP contribution in [0.2, 0.25) is 5.04 Å². The standard InChI is InChI=1S/C47H53N5O5Si/c1-47(2,3)58(43-12-8-6-9-13-43,44-14-10-7-11-15-44)57-32-30-38(19-16-36-17-22-39(48)23-18-36)46(54)56-35-34-55-33-31-49-45(53)37-20-24-40(25-21-37)50-51-41-26-28-42(29-27-41)52(4)5/h6-30H,31-35,48H2,1-5H3,(H,49,53)/b19-16+,38-30+,51-50?. The highest BCUT2D eigenvalue weighted by atomic mass is 28.4. The average Bonchev–Trinajstić information content (AvgIpc) is 3.23. The Kier molecular flexibility index (Phi) is 15.5. The molecular weight excluding hydrogens is 743 g/mol. The van der Waals surface area contributed by atoms with Crippen molar-refractivity contribution in [3.8, 4) is 0 Å². The van der Waals surface area contributed by atoms with Crippen molar-refractivity contribution < 1.29 is 23.5 Å². The third-order valence-electron chi connectivity index (χ3n) is 9.42. The normalized spacial score (nSPS) is 12.2. The lowest BCUT2D eigenvalue weighted by molar-refractivity contribution is -0.140. The predicted molar refractivity (Wildman–Crippen MR) is 237 cm³/mol. The van der Waals surface area contributed by atoms with E-state index < -0.39 is 14.3 Å². The fourth-order valence-corrected chi connectivity index (χ4v) is 10.8. The molecule has 0 heterocycles. The number of hydrogen-bond acceptors (Lipinski definition) is 9. The number of hydrogen-bond donors (Lipinski definition) is 2. The largest absolute Gasteiger partial charge is 0.460 e. The van der Waals surface area contributed by atoms with Gasteiger partial charge in [0.1, 0.15) is 6.61 Å². The van der Waals surface area contributed by atoms with Crippen LogP contribution < -0.4 is 26.3 Å². The summed E-state index contributed by atoms with van der Waals surface area (Å²) in [5.74, 6) is -0.736. The number of ether oxygens (including phenoxy) is 2. The third-order valence-corrected chi connectivity index (χ3v) is 14.4. The zero-order chi connectivity index (χ0) is 41.4. The van der Waals surface area contributed by atoms with E-state index in [-0.39, 0.29) is 43.9 Å². The minimum atomic E-state index is -2.83. The molecule has 0 aliphatic heterocycles. The first kappa shape index (κ1) is 43.0. The van der Waals surface area contributed by atoms with Gasteiger partial charge in [0.2, 0.25) is 0 Å². The van der Waals surface area contributed by atoms with E-state index in [0.29, 0.717) is 22.5 Å². The van der Waals surface area contributed by atoms with Gasteiger partial charge in [0.15, 0.2) is 0 Å². The van der Waals surface area contributed by atoms with Crippen molar-refractivity contribution in [1.82, 2.24) is 5.32 Å². The van der Waals surface area contributed by atoms with Crippen LogP contribution >= 0.6 is 0 Å². The number of carbonyl (C=O) groups excluding carboxylic acids is 2. The van der Waals surface area contributed by atoms with E-state index in [1.807, 2.05) is 110 Å². The highest BCUT2D eigenvalue weighted by Gasteiger charge is 2.50. The first-order valence-corrected chi connectivity index (χ1v) is 21.2. The van der Waals surface area contributed by atoms with Gasteiger partial charge in [-0.1, -0.05) is 99.6 Å². The Morgan fingerprint density at radius 1 is 0.741 bits per heavy atom. The molecule has 0 fully saturated rings. The highest BCUT2D eigenvalue weighted by Crippen LogP contribution is 2.36. The van der Waals surface area contributed by atoms with Crippen LogP contribution in [0.15, 0.2) is 161 Å². The van der Waals surface area contributed by atoms with Gasteiger partial charge in [-0.2, -0.15) is 10.2 Å². The summed E-state index contributed by atoms with van der Waals surface area (Å²) in [5, 5.41) is 13.5. The first-order valence-electron chi connectivity index (χ1n) is 19.3. The molecule has 5 aromatic carbocycles. The van der Waals surface area contributed by atoms with Gasteiger partial charge in [0, 0.05) is 37.6 Å². The van der Waals surface area contributed by atoms with Gasteiger partial charge in [-0.25, -0.2) is 4.79 Å². The Morgan fingerprint density at radius 2 is 1.31 bits per heavy atom. The average molecular weight is 796 g/mol. The molecule has 5 rings (SSSR count). The van der Waals surface area contributed by atoms with Crippen molar-refractivity contribution in [3.05, 3.63) is 162 Å². The third kappa shape index (κ3) is 11.9. The van der Waals surface area contributed by atoms with Crippen molar-refractivity contribution in [1.29, 1.82) is 0 Å².